The van der Waals surface area contributed by atoms with Crippen molar-refractivity contribution >= 4 is 11.9 Å². The number of fused-ring (bicyclic) bond motifs is 5. The standard InChI is InChI=1S/C36H60N3O6/c1-24(40)44-32-21-26-7-8-27-28(35(26,4)23-31(32)37-13-11-36(12-14-37)42-19-20-43-36)9-10-34(3)29(27)22-30(33(34)45-25(2)41)38-15-17-39(5,6)18-16-38/h26-33H,7-23H2,1-6H3/q+1/t26?,27-,28-,29+,30?,31?,32?,33?,34+,35+/m1/s1. The van der Waals surface area contributed by atoms with E-state index in [1.165, 1.54) is 19.3 Å². The number of piperidine rings is 1. The molecular weight excluding hydrogens is 570 g/mol. The van der Waals surface area contributed by atoms with E-state index in [1.54, 1.807) is 13.8 Å². The maximum Gasteiger partial charge on any atom is 0.302 e. The fourth-order valence-electron chi connectivity index (χ4n) is 12.0. The zero-order valence-electron chi connectivity index (χ0n) is 28.9. The van der Waals surface area contributed by atoms with Crippen molar-refractivity contribution in [2.45, 2.75) is 116 Å². The van der Waals surface area contributed by atoms with E-state index in [2.05, 4.69) is 37.7 Å². The third-order valence-corrected chi connectivity index (χ3v) is 14.5. The van der Waals surface area contributed by atoms with Crippen molar-refractivity contribution in [2.24, 2.45) is 34.5 Å². The quantitative estimate of drug-likeness (QED) is 0.340. The van der Waals surface area contributed by atoms with Crippen LogP contribution < -0.4 is 0 Å². The number of carbonyl (C=O) groups is 2. The number of carbonyl (C=O) groups excluding carboxylic acids is 2. The van der Waals surface area contributed by atoms with Gasteiger partial charge in [0.25, 0.3) is 0 Å². The van der Waals surface area contributed by atoms with Gasteiger partial charge in [-0.1, -0.05) is 13.8 Å². The van der Waals surface area contributed by atoms with Crippen molar-refractivity contribution in [3.8, 4) is 0 Å². The molecular formula is C36H60N3O6+. The lowest BCUT2D eigenvalue weighted by molar-refractivity contribution is -0.894. The fourth-order valence-corrected chi connectivity index (χ4v) is 12.0. The minimum absolute atomic E-state index is 0.0201. The molecule has 9 heteroatoms. The van der Waals surface area contributed by atoms with Crippen LogP contribution in [0.15, 0.2) is 0 Å². The van der Waals surface area contributed by atoms with Gasteiger partial charge in [0.05, 0.1) is 40.4 Å². The number of likely N-dealkylation sites (tertiary alicyclic amines) is 1. The molecule has 7 rings (SSSR count). The third-order valence-electron chi connectivity index (χ3n) is 14.5. The Morgan fingerprint density at radius 2 is 1.40 bits per heavy atom. The van der Waals surface area contributed by atoms with E-state index in [4.69, 9.17) is 18.9 Å². The summed E-state index contributed by atoms with van der Waals surface area (Å²) >= 11 is 0. The number of esters is 2. The second-order valence-electron chi connectivity index (χ2n) is 17.3. The summed E-state index contributed by atoms with van der Waals surface area (Å²) in [6.45, 7) is 16.0. The molecule has 0 radical (unpaired) electrons. The highest BCUT2D eigenvalue weighted by atomic mass is 16.7. The fraction of sp³-hybridized carbons (Fsp3) is 0.944. The predicted molar refractivity (Wildman–Crippen MR) is 170 cm³/mol. The number of rotatable bonds is 4. The average Bonchev–Trinajstić information content (AvgIpc) is 3.55. The Kier molecular flexibility index (Phi) is 8.40. The number of likely N-dealkylation sites (N-methyl/N-ethyl adjacent to an activating group) is 1. The molecule has 0 aromatic carbocycles. The maximum absolute atomic E-state index is 12.5. The van der Waals surface area contributed by atoms with Gasteiger partial charge < -0.3 is 23.4 Å². The molecule has 4 aliphatic carbocycles. The summed E-state index contributed by atoms with van der Waals surface area (Å²) in [5.41, 5.74) is 0.238. The molecule has 3 saturated heterocycles. The second-order valence-corrected chi connectivity index (χ2v) is 17.3. The molecule has 1 spiro atoms. The highest BCUT2D eigenvalue weighted by Gasteiger charge is 2.65. The van der Waals surface area contributed by atoms with Gasteiger partial charge in [0, 0.05) is 70.4 Å². The van der Waals surface area contributed by atoms with Crippen molar-refractivity contribution in [1.82, 2.24) is 9.80 Å². The molecule has 254 valence electrons. The van der Waals surface area contributed by atoms with Crippen LogP contribution >= 0.6 is 0 Å². The van der Waals surface area contributed by atoms with Crippen molar-refractivity contribution in [3.05, 3.63) is 0 Å². The van der Waals surface area contributed by atoms with Gasteiger partial charge in [0.15, 0.2) is 5.79 Å². The Morgan fingerprint density at radius 1 is 0.756 bits per heavy atom. The predicted octanol–water partition coefficient (Wildman–Crippen LogP) is 4.08. The molecule has 4 saturated carbocycles. The lowest BCUT2D eigenvalue weighted by Gasteiger charge is -2.62. The molecule has 0 N–H and O–H groups in total. The number of ether oxygens (including phenoxy) is 4. The summed E-state index contributed by atoms with van der Waals surface area (Å²) < 4.78 is 25.7. The number of piperazine rings is 1. The molecule has 7 fully saturated rings. The Morgan fingerprint density at radius 3 is 2.04 bits per heavy atom. The molecule has 0 amide bonds. The monoisotopic (exact) mass is 630 g/mol. The molecule has 0 aromatic rings. The first-order valence-corrected chi connectivity index (χ1v) is 18.2. The first-order valence-electron chi connectivity index (χ1n) is 18.2. The van der Waals surface area contributed by atoms with E-state index in [9.17, 15) is 9.59 Å². The van der Waals surface area contributed by atoms with Gasteiger partial charge >= 0.3 is 11.9 Å². The largest absolute Gasteiger partial charge is 0.461 e. The summed E-state index contributed by atoms with van der Waals surface area (Å²) in [5.74, 6) is 1.77. The van der Waals surface area contributed by atoms with Gasteiger partial charge in [-0.3, -0.25) is 19.4 Å². The SMILES string of the molecule is CC(=O)OC1CC2CC[C@@H]3[C@@H](CC[C@]4(C)C(OC(C)=O)C(N5CC[N+](C)(C)CC5)C[C@@H]34)[C@@]2(C)CC1N1CCC2(CC1)OCCO2. The molecule has 10 atom stereocenters. The molecule has 0 aromatic heterocycles. The van der Waals surface area contributed by atoms with Crippen LogP contribution in [0.4, 0.5) is 0 Å². The Bertz CT molecular complexity index is 1120. The lowest BCUT2D eigenvalue weighted by atomic mass is 9.44. The maximum atomic E-state index is 12.5. The summed E-state index contributed by atoms with van der Waals surface area (Å²) in [4.78, 5) is 30.2. The molecule has 9 nitrogen and oxygen atoms in total. The number of hydrogen-bond donors (Lipinski definition) is 0. The summed E-state index contributed by atoms with van der Waals surface area (Å²) in [5, 5.41) is 0. The van der Waals surface area contributed by atoms with E-state index in [-0.39, 0.29) is 41.0 Å². The van der Waals surface area contributed by atoms with E-state index in [1.807, 2.05) is 0 Å². The Labute approximate surface area is 271 Å². The van der Waals surface area contributed by atoms with Gasteiger partial charge in [-0.15, -0.1) is 0 Å². The minimum atomic E-state index is -0.404. The molecule has 45 heavy (non-hydrogen) atoms. The van der Waals surface area contributed by atoms with Crippen LogP contribution in [0.2, 0.25) is 0 Å². The summed E-state index contributed by atoms with van der Waals surface area (Å²) in [7, 11) is 4.67. The van der Waals surface area contributed by atoms with Crippen molar-refractivity contribution in [3.63, 3.8) is 0 Å². The lowest BCUT2D eigenvalue weighted by Crippen LogP contribution is -2.62. The Balaban J connectivity index is 1.13. The van der Waals surface area contributed by atoms with Crippen LogP contribution in [-0.4, -0.2) is 123 Å². The molecule has 3 aliphatic heterocycles. The minimum Gasteiger partial charge on any atom is -0.461 e. The van der Waals surface area contributed by atoms with E-state index in [0.29, 0.717) is 42.9 Å². The van der Waals surface area contributed by atoms with Crippen LogP contribution in [0, 0.1) is 34.5 Å². The van der Waals surface area contributed by atoms with Crippen LogP contribution in [0.5, 0.6) is 0 Å². The third kappa shape index (κ3) is 5.68. The number of nitrogens with zero attached hydrogens (tertiary/aromatic N) is 3. The first kappa shape index (κ1) is 32.3. The average molecular weight is 631 g/mol. The second kappa shape index (κ2) is 11.7. The van der Waals surface area contributed by atoms with Crippen molar-refractivity contribution in [1.29, 1.82) is 0 Å². The number of hydrogen-bond acceptors (Lipinski definition) is 8. The highest BCUT2D eigenvalue weighted by Crippen LogP contribution is 2.67. The van der Waals surface area contributed by atoms with Gasteiger partial charge in [0.2, 0.25) is 0 Å². The zero-order valence-corrected chi connectivity index (χ0v) is 28.9. The zero-order chi connectivity index (χ0) is 31.8. The summed E-state index contributed by atoms with van der Waals surface area (Å²) in [6.07, 6.45) is 9.69. The normalized spacial score (nSPS) is 46.2. The Hall–Kier alpha value is -1.26. The van der Waals surface area contributed by atoms with Crippen molar-refractivity contribution in [2.75, 3.05) is 66.6 Å². The number of quaternary nitrogens is 1. The van der Waals surface area contributed by atoms with E-state index < -0.39 is 5.79 Å². The van der Waals surface area contributed by atoms with Crippen LogP contribution in [0.25, 0.3) is 0 Å². The summed E-state index contributed by atoms with van der Waals surface area (Å²) in [6, 6.07) is 0.558. The smallest absolute Gasteiger partial charge is 0.302 e. The van der Waals surface area contributed by atoms with Gasteiger partial charge in [-0.25, -0.2) is 0 Å². The molecule has 0 bridgehead atoms. The van der Waals surface area contributed by atoms with Crippen LogP contribution in [-0.2, 0) is 28.5 Å². The molecule has 3 heterocycles. The molecule has 7 aliphatic rings. The van der Waals surface area contributed by atoms with Crippen molar-refractivity contribution < 1.29 is 33.0 Å². The highest BCUT2D eigenvalue weighted by molar-refractivity contribution is 5.66. The topological polar surface area (TPSA) is 77.5 Å². The molecule has 5 unspecified atom stereocenters. The van der Waals surface area contributed by atoms with E-state index in [0.717, 1.165) is 82.3 Å². The van der Waals surface area contributed by atoms with Crippen LogP contribution in [0.1, 0.15) is 85.5 Å². The van der Waals surface area contributed by atoms with Gasteiger partial charge in [-0.05, 0) is 74.0 Å². The van der Waals surface area contributed by atoms with Crippen LogP contribution in [0.3, 0.4) is 0 Å². The van der Waals surface area contributed by atoms with E-state index >= 15 is 0 Å². The van der Waals surface area contributed by atoms with Gasteiger partial charge in [-0.2, -0.15) is 0 Å². The van der Waals surface area contributed by atoms with Gasteiger partial charge in [0.1, 0.15) is 12.2 Å². The first-order chi connectivity index (χ1) is 21.3.